The number of carbonyl (C=O) groups is 1. The van der Waals surface area contributed by atoms with E-state index in [0.717, 1.165) is 5.75 Å². The van der Waals surface area contributed by atoms with Crippen LogP contribution in [0.5, 0.6) is 17.2 Å². The minimum atomic E-state index is -0.754. The molecular weight excluding hydrogens is 406 g/mol. The van der Waals surface area contributed by atoms with Crippen LogP contribution >= 0.6 is 11.6 Å². The SMILES string of the molecule is CCOc1cc(/C=N/NC(N)=O)cc(Cl)c1OCCOc1ccc(C(C)(C)C)cc1. The maximum Gasteiger partial charge on any atom is 0.332 e. The average Bonchev–Trinajstić information content (AvgIpc) is 2.66. The van der Waals surface area contributed by atoms with Crippen LogP contribution in [0.4, 0.5) is 4.79 Å². The molecule has 2 rings (SSSR count). The van der Waals surface area contributed by atoms with Gasteiger partial charge in [-0.15, -0.1) is 0 Å². The number of ether oxygens (including phenoxy) is 3. The standard InChI is InChI=1S/C22H28ClN3O4/c1-5-28-19-13-15(14-25-26-21(24)27)12-18(23)20(19)30-11-10-29-17-8-6-16(7-9-17)22(2,3)4/h6-9,12-14H,5,10-11H2,1-4H3,(H3,24,26,27)/b25-14+. The van der Waals surface area contributed by atoms with E-state index in [2.05, 4.69) is 43.4 Å². The van der Waals surface area contributed by atoms with E-state index in [1.54, 1.807) is 12.1 Å². The van der Waals surface area contributed by atoms with Gasteiger partial charge in [-0.3, -0.25) is 0 Å². The van der Waals surface area contributed by atoms with Crippen LogP contribution in [0.3, 0.4) is 0 Å². The Labute approximate surface area is 182 Å². The number of benzene rings is 2. The van der Waals surface area contributed by atoms with Crippen LogP contribution in [0.15, 0.2) is 41.5 Å². The van der Waals surface area contributed by atoms with Crippen molar-refractivity contribution in [2.24, 2.45) is 10.8 Å². The minimum Gasteiger partial charge on any atom is -0.490 e. The zero-order chi connectivity index (χ0) is 22.1. The highest BCUT2D eigenvalue weighted by atomic mass is 35.5. The predicted octanol–water partition coefficient (Wildman–Crippen LogP) is 4.50. The Morgan fingerprint density at radius 1 is 1.13 bits per heavy atom. The third-order valence-electron chi connectivity index (χ3n) is 4.04. The summed E-state index contributed by atoms with van der Waals surface area (Å²) >= 11 is 6.35. The van der Waals surface area contributed by atoms with Gasteiger partial charge in [0.05, 0.1) is 17.8 Å². The van der Waals surface area contributed by atoms with Gasteiger partial charge in [0.25, 0.3) is 0 Å². The number of amides is 2. The number of halogens is 1. The lowest BCUT2D eigenvalue weighted by atomic mass is 9.87. The molecule has 0 saturated carbocycles. The van der Waals surface area contributed by atoms with Gasteiger partial charge in [0, 0.05) is 0 Å². The number of nitrogens with two attached hydrogens (primary N) is 1. The van der Waals surface area contributed by atoms with Crippen molar-refractivity contribution in [3.05, 3.63) is 52.5 Å². The molecule has 0 fully saturated rings. The molecule has 8 heteroatoms. The molecule has 0 aliphatic carbocycles. The lowest BCUT2D eigenvalue weighted by Crippen LogP contribution is -2.24. The maximum absolute atomic E-state index is 10.7. The highest BCUT2D eigenvalue weighted by Gasteiger charge is 2.14. The lowest BCUT2D eigenvalue weighted by Gasteiger charge is -2.19. The Morgan fingerprint density at radius 2 is 1.80 bits per heavy atom. The van der Waals surface area contributed by atoms with E-state index >= 15 is 0 Å². The highest BCUT2D eigenvalue weighted by molar-refractivity contribution is 6.32. The van der Waals surface area contributed by atoms with Gasteiger partial charge in [-0.05, 0) is 47.7 Å². The molecule has 3 N–H and O–H groups in total. The maximum atomic E-state index is 10.7. The number of nitrogens with one attached hydrogen (secondary N) is 1. The topological polar surface area (TPSA) is 95.2 Å². The summed E-state index contributed by atoms with van der Waals surface area (Å²) in [6.45, 7) is 9.44. The summed E-state index contributed by atoms with van der Waals surface area (Å²) in [6, 6.07) is 10.6. The molecular formula is C22H28ClN3O4. The quantitative estimate of drug-likeness (QED) is 0.346. The fourth-order valence-electron chi connectivity index (χ4n) is 2.59. The molecule has 30 heavy (non-hydrogen) atoms. The summed E-state index contributed by atoms with van der Waals surface area (Å²) in [7, 11) is 0. The van der Waals surface area contributed by atoms with E-state index in [4.69, 9.17) is 31.5 Å². The Balaban J connectivity index is 1.98. The van der Waals surface area contributed by atoms with Crippen LogP contribution in [0.25, 0.3) is 0 Å². The van der Waals surface area contributed by atoms with Crippen LogP contribution < -0.4 is 25.4 Å². The van der Waals surface area contributed by atoms with Crippen LogP contribution in [0.1, 0.15) is 38.8 Å². The van der Waals surface area contributed by atoms with Crippen molar-refractivity contribution in [1.82, 2.24) is 5.43 Å². The number of hydrogen-bond acceptors (Lipinski definition) is 5. The third kappa shape index (κ3) is 7.15. The van der Waals surface area contributed by atoms with E-state index in [-0.39, 0.29) is 12.0 Å². The number of carbonyl (C=O) groups excluding carboxylic acids is 1. The van der Waals surface area contributed by atoms with E-state index in [9.17, 15) is 4.79 Å². The van der Waals surface area contributed by atoms with Crippen LogP contribution in [0.2, 0.25) is 5.02 Å². The summed E-state index contributed by atoms with van der Waals surface area (Å²) in [5, 5.41) is 4.08. The fraction of sp³-hybridized carbons (Fsp3) is 0.364. The Kier molecular flexibility index (Phi) is 8.35. The summed E-state index contributed by atoms with van der Waals surface area (Å²) in [5.41, 5.74) is 9.07. The van der Waals surface area contributed by atoms with Crippen LogP contribution in [0, 0.1) is 0 Å². The Bertz CT molecular complexity index is 877. The van der Waals surface area contributed by atoms with Crippen LogP contribution in [-0.2, 0) is 5.41 Å². The Morgan fingerprint density at radius 3 is 2.40 bits per heavy atom. The molecule has 0 spiro atoms. The summed E-state index contributed by atoms with van der Waals surface area (Å²) in [5.74, 6) is 1.67. The second-order valence-electron chi connectivity index (χ2n) is 7.47. The average molecular weight is 434 g/mol. The summed E-state index contributed by atoms with van der Waals surface area (Å²) in [6.07, 6.45) is 1.41. The second-order valence-corrected chi connectivity index (χ2v) is 7.88. The highest BCUT2D eigenvalue weighted by Crippen LogP contribution is 2.36. The summed E-state index contributed by atoms with van der Waals surface area (Å²) in [4.78, 5) is 10.7. The molecule has 0 aliphatic rings. The molecule has 2 aromatic rings. The fourth-order valence-corrected chi connectivity index (χ4v) is 2.86. The molecule has 0 heterocycles. The normalized spacial score (nSPS) is 11.4. The molecule has 2 amide bonds. The first-order valence-corrected chi connectivity index (χ1v) is 9.99. The molecule has 0 aromatic heterocycles. The number of hydrazone groups is 1. The minimum absolute atomic E-state index is 0.0981. The molecule has 0 bridgehead atoms. The van der Waals surface area contributed by atoms with Crippen molar-refractivity contribution >= 4 is 23.8 Å². The van der Waals surface area contributed by atoms with Gasteiger partial charge in [-0.1, -0.05) is 44.5 Å². The molecule has 0 unspecified atom stereocenters. The van der Waals surface area contributed by atoms with Crippen molar-refractivity contribution in [3.8, 4) is 17.2 Å². The van der Waals surface area contributed by atoms with E-state index in [1.165, 1.54) is 11.8 Å². The van der Waals surface area contributed by atoms with Gasteiger partial charge in [0.1, 0.15) is 19.0 Å². The van der Waals surface area contributed by atoms with Crippen molar-refractivity contribution in [1.29, 1.82) is 0 Å². The van der Waals surface area contributed by atoms with E-state index in [0.29, 0.717) is 35.3 Å². The lowest BCUT2D eigenvalue weighted by molar-refractivity contribution is 0.208. The molecule has 0 radical (unpaired) electrons. The van der Waals surface area contributed by atoms with Crippen molar-refractivity contribution in [3.63, 3.8) is 0 Å². The first kappa shape index (κ1) is 23.3. The zero-order valence-corrected chi connectivity index (χ0v) is 18.5. The van der Waals surface area contributed by atoms with Crippen molar-refractivity contribution < 1.29 is 19.0 Å². The van der Waals surface area contributed by atoms with E-state index in [1.807, 2.05) is 19.1 Å². The van der Waals surface area contributed by atoms with Crippen molar-refractivity contribution in [2.75, 3.05) is 19.8 Å². The smallest absolute Gasteiger partial charge is 0.332 e. The molecule has 0 atom stereocenters. The van der Waals surface area contributed by atoms with Gasteiger partial charge in [-0.25, -0.2) is 10.2 Å². The zero-order valence-electron chi connectivity index (χ0n) is 17.7. The van der Waals surface area contributed by atoms with Gasteiger partial charge in [0.15, 0.2) is 11.5 Å². The molecule has 0 aliphatic heterocycles. The monoisotopic (exact) mass is 433 g/mol. The van der Waals surface area contributed by atoms with Gasteiger partial charge in [0.2, 0.25) is 0 Å². The van der Waals surface area contributed by atoms with Crippen molar-refractivity contribution in [2.45, 2.75) is 33.1 Å². The molecule has 2 aromatic carbocycles. The van der Waals surface area contributed by atoms with Crippen LogP contribution in [-0.4, -0.2) is 32.1 Å². The number of urea groups is 1. The number of rotatable bonds is 9. The largest absolute Gasteiger partial charge is 0.490 e. The third-order valence-corrected chi connectivity index (χ3v) is 4.32. The number of nitrogens with zero attached hydrogens (tertiary/aromatic N) is 1. The van der Waals surface area contributed by atoms with Gasteiger partial charge < -0.3 is 19.9 Å². The Hall–Kier alpha value is -2.93. The van der Waals surface area contributed by atoms with Gasteiger partial charge >= 0.3 is 6.03 Å². The first-order chi connectivity index (χ1) is 14.2. The molecule has 162 valence electrons. The van der Waals surface area contributed by atoms with E-state index < -0.39 is 6.03 Å². The molecule has 7 nitrogen and oxygen atoms in total. The first-order valence-electron chi connectivity index (χ1n) is 9.61. The summed E-state index contributed by atoms with van der Waals surface area (Å²) < 4.78 is 17.2. The van der Waals surface area contributed by atoms with Gasteiger partial charge in [-0.2, -0.15) is 5.10 Å². The number of primary amides is 1. The second kappa shape index (κ2) is 10.7. The molecule has 0 saturated heterocycles. The predicted molar refractivity (Wildman–Crippen MR) is 119 cm³/mol. The number of hydrogen-bond donors (Lipinski definition) is 2.